The molecule has 1 aromatic carbocycles. The summed E-state index contributed by atoms with van der Waals surface area (Å²) < 4.78 is 11.0. The van der Waals surface area contributed by atoms with E-state index in [0.29, 0.717) is 12.0 Å². The van der Waals surface area contributed by atoms with E-state index in [2.05, 4.69) is 72.5 Å². The van der Waals surface area contributed by atoms with Crippen LogP contribution in [0.5, 0.6) is 5.75 Å². The van der Waals surface area contributed by atoms with Gasteiger partial charge in [-0.3, -0.25) is 4.99 Å². The molecule has 1 fully saturated rings. The van der Waals surface area contributed by atoms with E-state index in [1.807, 2.05) is 7.05 Å². The predicted molar refractivity (Wildman–Crippen MR) is 146 cm³/mol. The highest BCUT2D eigenvalue weighted by molar-refractivity contribution is 14.0. The molecule has 6 nitrogen and oxygen atoms in total. The summed E-state index contributed by atoms with van der Waals surface area (Å²) in [6, 6.07) is 8.98. The maximum absolute atomic E-state index is 5.82. The highest BCUT2D eigenvalue weighted by Crippen LogP contribution is 2.25. The van der Waals surface area contributed by atoms with Crippen LogP contribution in [-0.2, 0) is 10.2 Å². The number of methoxy groups -OCH3 is 1. The summed E-state index contributed by atoms with van der Waals surface area (Å²) in [4.78, 5) is 6.99. The molecule has 0 unspecified atom stereocenters. The third-order valence-electron chi connectivity index (χ3n) is 5.89. The first-order valence-corrected chi connectivity index (χ1v) is 11.8. The molecular formula is C25H45IN4O2. The van der Waals surface area contributed by atoms with Gasteiger partial charge in [-0.2, -0.15) is 0 Å². The summed E-state index contributed by atoms with van der Waals surface area (Å²) in [5, 5.41) is 7.16. The summed E-state index contributed by atoms with van der Waals surface area (Å²) in [7, 11) is 3.62. The van der Waals surface area contributed by atoms with Gasteiger partial charge in [0.2, 0.25) is 0 Å². The normalized spacial score (nSPS) is 16.0. The summed E-state index contributed by atoms with van der Waals surface area (Å²) in [6.45, 7) is 14.6. The summed E-state index contributed by atoms with van der Waals surface area (Å²) in [5.41, 5.74) is 1.27. The molecular weight excluding hydrogens is 515 g/mol. The molecule has 0 atom stereocenters. The molecule has 1 saturated heterocycles. The Balaban J connectivity index is 0.00000512. The van der Waals surface area contributed by atoms with E-state index in [9.17, 15) is 0 Å². The topological polar surface area (TPSA) is 58.1 Å². The van der Waals surface area contributed by atoms with E-state index in [0.717, 1.165) is 70.4 Å². The molecule has 0 amide bonds. The zero-order valence-electron chi connectivity index (χ0n) is 20.9. The molecule has 1 aliphatic rings. The second-order valence-electron chi connectivity index (χ2n) is 9.65. The van der Waals surface area contributed by atoms with Crippen molar-refractivity contribution in [3.05, 3.63) is 29.8 Å². The quantitative estimate of drug-likeness (QED) is 0.183. The Hall–Kier alpha value is -1.06. The third-order valence-corrected chi connectivity index (χ3v) is 5.89. The largest absolute Gasteiger partial charge is 0.493 e. The Labute approximate surface area is 212 Å². The number of hydrogen-bond donors (Lipinski definition) is 2. The molecule has 0 bridgehead atoms. The fraction of sp³-hybridized carbons (Fsp3) is 0.720. The first-order chi connectivity index (χ1) is 14.8. The molecule has 1 aliphatic heterocycles. The monoisotopic (exact) mass is 560 g/mol. The predicted octanol–water partition coefficient (Wildman–Crippen LogP) is 4.28. The number of halogens is 1. The lowest BCUT2D eigenvalue weighted by atomic mass is 9.84. The number of ether oxygens (including phenoxy) is 2. The van der Waals surface area contributed by atoms with Gasteiger partial charge in [-0.1, -0.05) is 39.8 Å². The molecule has 32 heavy (non-hydrogen) atoms. The molecule has 7 heteroatoms. The molecule has 0 saturated carbocycles. The third kappa shape index (κ3) is 10.3. The van der Waals surface area contributed by atoms with Crippen molar-refractivity contribution < 1.29 is 9.47 Å². The molecule has 1 heterocycles. The average molecular weight is 561 g/mol. The van der Waals surface area contributed by atoms with Gasteiger partial charge in [-0.05, 0) is 42.9 Å². The Morgan fingerprint density at radius 2 is 1.84 bits per heavy atom. The van der Waals surface area contributed by atoms with Crippen LogP contribution in [0.4, 0.5) is 0 Å². The highest BCUT2D eigenvalue weighted by atomic mass is 127. The van der Waals surface area contributed by atoms with Gasteiger partial charge < -0.3 is 25.0 Å². The van der Waals surface area contributed by atoms with Gasteiger partial charge in [0, 0.05) is 58.4 Å². The Kier molecular flexibility index (Phi) is 13.5. The van der Waals surface area contributed by atoms with E-state index in [1.165, 1.54) is 5.56 Å². The average Bonchev–Trinajstić information content (AvgIpc) is 2.76. The van der Waals surface area contributed by atoms with Crippen LogP contribution in [0.1, 0.15) is 52.5 Å². The molecule has 184 valence electrons. The first-order valence-electron chi connectivity index (χ1n) is 11.8. The van der Waals surface area contributed by atoms with Crippen LogP contribution in [0.3, 0.4) is 0 Å². The summed E-state index contributed by atoms with van der Waals surface area (Å²) in [5.74, 6) is 2.36. The van der Waals surface area contributed by atoms with E-state index in [-0.39, 0.29) is 29.4 Å². The molecule has 2 rings (SSSR count). The number of piperidine rings is 1. The summed E-state index contributed by atoms with van der Waals surface area (Å²) >= 11 is 0. The minimum Gasteiger partial charge on any atom is -0.493 e. The maximum atomic E-state index is 5.82. The van der Waals surface area contributed by atoms with Crippen molar-refractivity contribution in [2.75, 3.05) is 53.6 Å². The van der Waals surface area contributed by atoms with Crippen LogP contribution in [0.15, 0.2) is 29.3 Å². The lowest BCUT2D eigenvalue weighted by Gasteiger charge is -2.33. The lowest BCUT2D eigenvalue weighted by Crippen LogP contribution is -2.50. The fourth-order valence-corrected chi connectivity index (χ4v) is 3.79. The number of rotatable bonds is 11. The number of benzene rings is 1. The van der Waals surface area contributed by atoms with Gasteiger partial charge in [-0.25, -0.2) is 0 Å². The number of aliphatic imine (C=N–C) groups is 1. The van der Waals surface area contributed by atoms with Gasteiger partial charge in [0.05, 0.1) is 6.61 Å². The second-order valence-corrected chi connectivity index (χ2v) is 9.65. The van der Waals surface area contributed by atoms with E-state index < -0.39 is 0 Å². The van der Waals surface area contributed by atoms with Crippen molar-refractivity contribution in [2.45, 2.75) is 58.4 Å². The van der Waals surface area contributed by atoms with Crippen LogP contribution >= 0.6 is 24.0 Å². The van der Waals surface area contributed by atoms with Gasteiger partial charge in [0.25, 0.3) is 0 Å². The molecule has 1 aromatic rings. The SMILES string of the molecule is CN=C(NCC(C)(C)c1ccc(OCC(C)C)cc1)NC1CCN(CCCOC)CC1.I. The molecule has 0 radical (unpaired) electrons. The number of nitrogens with zero attached hydrogens (tertiary/aromatic N) is 2. The zero-order valence-corrected chi connectivity index (χ0v) is 23.3. The van der Waals surface area contributed by atoms with Gasteiger partial charge in [-0.15, -0.1) is 24.0 Å². The van der Waals surface area contributed by atoms with E-state index in [4.69, 9.17) is 9.47 Å². The van der Waals surface area contributed by atoms with Crippen LogP contribution in [-0.4, -0.2) is 70.5 Å². The van der Waals surface area contributed by atoms with Crippen molar-refractivity contribution >= 4 is 29.9 Å². The molecule has 2 N–H and O–H groups in total. The lowest BCUT2D eigenvalue weighted by molar-refractivity contribution is 0.155. The van der Waals surface area contributed by atoms with Crippen LogP contribution in [0, 0.1) is 5.92 Å². The standard InChI is InChI=1S/C25H44N4O2.HI/c1-20(2)18-31-23-10-8-21(9-11-23)25(3,4)19-27-24(26-5)28-22-12-15-29(16-13-22)14-7-17-30-6;/h8-11,20,22H,7,12-19H2,1-6H3,(H2,26,27,28);1H. The summed E-state index contributed by atoms with van der Waals surface area (Å²) in [6.07, 6.45) is 3.40. The van der Waals surface area contributed by atoms with Crippen molar-refractivity contribution in [3.8, 4) is 5.75 Å². The second kappa shape index (κ2) is 15.0. The van der Waals surface area contributed by atoms with Crippen LogP contribution in [0.25, 0.3) is 0 Å². The van der Waals surface area contributed by atoms with Gasteiger partial charge >= 0.3 is 0 Å². The highest BCUT2D eigenvalue weighted by Gasteiger charge is 2.23. The van der Waals surface area contributed by atoms with Crippen molar-refractivity contribution in [3.63, 3.8) is 0 Å². The number of nitrogens with one attached hydrogen (secondary N) is 2. The first kappa shape index (κ1) is 29.0. The molecule has 0 aliphatic carbocycles. The van der Waals surface area contributed by atoms with Crippen LogP contribution < -0.4 is 15.4 Å². The number of hydrogen-bond acceptors (Lipinski definition) is 4. The van der Waals surface area contributed by atoms with Crippen molar-refractivity contribution in [1.29, 1.82) is 0 Å². The van der Waals surface area contributed by atoms with Crippen LogP contribution in [0.2, 0.25) is 0 Å². The van der Waals surface area contributed by atoms with Gasteiger partial charge in [0.1, 0.15) is 5.75 Å². The zero-order chi connectivity index (χ0) is 22.7. The Morgan fingerprint density at radius 1 is 1.19 bits per heavy atom. The number of guanidine groups is 1. The van der Waals surface area contributed by atoms with Crippen molar-refractivity contribution in [1.82, 2.24) is 15.5 Å². The van der Waals surface area contributed by atoms with E-state index >= 15 is 0 Å². The smallest absolute Gasteiger partial charge is 0.191 e. The maximum Gasteiger partial charge on any atom is 0.191 e. The number of likely N-dealkylation sites (tertiary alicyclic amines) is 1. The molecule has 0 spiro atoms. The Bertz CT molecular complexity index is 656. The Morgan fingerprint density at radius 3 is 2.41 bits per heavy atom. The van der Waals surface area contributed by atoms with Gasteiger partial charge in [0.15, 0.2) is 5.96 Å². The van der Waals surface area contributed by atoms with Crippen molar-refractivity contribution in [2.24, 2.45) is 10.9 Å². The fourth-order valence-electron chi connectivity index (χ4n) is 3.79. The minimum absolute atomic E-state index is 0. The van der Waals surface area contributed by atoms with E-state index in [1.54, 1.807) is 7.11 Å². The minimum atomic E-state index is -0.0150. The molecule has 0 aromatic heterocycles.